The summed E-state index contributed by atoms with van der Waals surface area (Å²) in [6.45, 7) is 4.34. The average Bonchev–Trinajstić information content (AvgIpc) is 2.51. The van der Waals surface area contributed by atoms with Gasteiger partial charge in [0.25, 0.3) is 0 Å². The molecule has 0 saturated carbocycles. The molecule has 0 fully saturated rings. The number of benzene rings is 4. The molecule has 21 heavy (non-hydrogen) atoms. The Morgan fingerprint density at radius 1 is 0.762 bits per heavy atom. The Kier molecular flexibility index (Phi) is 2.83. The van der Waals surface area contributed by atoms with Crippen LogP contribution in [-0.2, 0) is 0 Å². The van der Waals surface area contributed by atoms with Crippen molar-refractivity contribution in [2.45, 2.75) is 13.8 Å². The first-order valence-electron chi connectivity index (χ1n) is 7.30. The van der Waals surface area contributed by atoms with E-state index in [1.54, 1.807) is 0 Å². The van der Waals surface area contributed by atoms with E-state index < -0.39 is 0 Å². The highest BCUT2D eigenvalue weighted by Crippen LogP contribution is 2.33. The Balaban J connectivity index is 2.13. The van der Waals surface area contributed by atoms with Gasteiger partial charge in [0.15, 0.2) is 0 Å². The van der Waals surface area contributed by atoms with Gasteiger partial charge in [-0.15, -0.1) is 0 Å². The predicted octanol–water partition coefficient (Wildman–Crippen LogP) is 4.84. The van der Waals surface area contributed by atoms with Crippen LogP contribution in [0.15, 0.2) is 65.9 Å². The fourth-order valence-electron chi connectivity index (χ4n) is 3.08. The predicted molar refractivity (Wildman–Crippen MR) is 95.0 cm³/mol. The first kappa shape index (κ1) is 12.6. The lowest BCUT2D eigenvalue weighted by Gasteiger charge is -2.13. The zero-order valence-electron chi connectivity index (χ0n) is 12.3. The van der Waals surface area contributed by atoms with Crippen molar-refractivity contribution < 1.29 is 0 Å². The summed E-state index contributed by atoms with van der Waals surface area (Å²) in [4.78, 5) is 0. The molecule has 0 aliphatic heterocycles. The van der Waals surface area contributed by atoms with Crippen molar-refractivity contribution in [2.75, 3.05) is 0 Å². The highest BCUT2D eigenvalue weighted by atomic mass is 28.2. The molecule has 100 valence electrons. The van der Waals surface area contributed by atoms with Crippen LogP contribution in [-0.4, -0.2) is 9.52 Å². The molecule has 0 atom stereocenters. The van der Waals surface area contributed by atoms with Crippen molar-refractivity contribution in [1.29, 1.82) is 0 Å². The Hall–Kier alpha value is -2.12. The first-order chi connectivity index (χ1) is 10.2. The second-order valence-corrected chi connectivity index (χ2v) is 6.95. The van der Waals surface area contributed by atoms with Crippen LogP contribution >= 0.6 is 0 Å². The molecule has 0 spiro atoms. The molecule has 0 saturated heterocycles. The van der Waals surface area contributed by atoms with E-state index >= 15 is 0 Å². The second-order valence-electron chi connectivity index (χ2n) is 5.84. The Morgan fingerprint density at radius 3 is 2.10 bits per heavy atom. The third kappa shape index (κ3) is 1.97. The maximum Gasteiger partial charge on any atom is 0.112 e. The zero-order valence-corrected chi connectivity index (χ0v) is 13.3. The van der Waals surface area contributed by atoms with E-state index in [0.717, 1.165) is 9.52 Å². The van der Waals surface area contributed by atoms with Gasteiger partial charge in [-0.2, -0.15) is 0 Å². The van der Waals surface area contributed by atoms with Gasteiger partial charge in [-0.1, -0.05) is 71.1 Å². The van der Waals surface area contributed by atoms with Gasteiger partial charge in [0.2, 0.25) is 0 Å². The van der Waals surface area contributed by atoms with Gasteiger partial charge < -0.3 is 0 Å². The molecule has 0 N–H and O–H groups in total. The first-order valence-corrected chi connectivity index (χ1v) is 8.38. The summed E-state index contributed by atoms with van der Waals surface area (Å²) in [5.41, 5.74) is 3.73. The molecule has 0 unspecified atom stereocenters. The van der Waals surface area contributed by atoms with E-state index in [1.807, 2.05) is 0 Å². The maximum absolute atomic E-state index is 2.34. The lowest BCUT2D eigenvalue weighted by molar-refractivity contribution is 1.41. The van der Waals surface area contributed by atoms with Gasteiger partial charge in [-0.05, 0) is 46.2 Å². The zero-order chi connectivity index (χ0) is 14.4. The van der Waals surface area contributed by atoms with Crippen LogP contribution in [0, 0.1) is 0 Å². The highest BCUT2D eigenvalue weighted by Gasteiger charge is 2.10. The summed E-state index contributed by atoms with van der Waals surface area (Å²) in [5, 5.41) is 9.73. The van der Waals surface area contributed by atoms with Crippen LogP contribution in [0.5, 0.6) is 0 Å². The SMILES string of the molecule is CC(C)=C[Si]c1ccc2ccc3cccc4ccc1c2c34. The molecule has 2 radical (unpaired) electrons. The molecule has 0 aromatic heterocycles. The van der Waals surface area contributed by atoms with Gasteiger partial charge in [-0.25, -0.2) is 0 Å². The van der Waals surface area contributed by atoms with E-state index in [0.29, 0.717) is 0 Å². The van der Waals surface area contributed by atoms with E-state index in [-0.39, 0.29) is 0 Å². The average molecular weight is 284 g/mol. The molecule has 0 amide bonds. The fraction of sp³-hybridized carbons (Fsp3) is 0.100. The Labute approximate surface area is 127 Å². The van der Waals surface area contributed by atoms with E-state index in [2.05, 4.69) is 74.1 Å². The molecule has 0 heterocycles. The van der Waals surface area contributed by atoms with Crippen molar-refractivity contribution in [3.05, 3.63) is 65.9 Å². The number of hydrogen-bond acceptors (Lipinski definition) is 0. The number of rotatable bonds is 2. The van der Waals surface area contributed by atoms with Gasteiger partial charge in [0.1, 0.15) is 9.52 Å². The lowest BCUT2D eigenvalue weighted by atomic mass is 9.94. The van der Waals surface area contributed by atoms with Crippen molar-refractivity contribution in [3.8, 4) is 0 Å². The molecular formula is C20H16Si. The lowest BCUT2D eigenvalue weighted by Crippen LogP contribution is -2.13. The van der Waals surface area contributed by atoms with Gasteiger partial charge in [0.05, 0.1) is 0 Å². The van der Waals surface area contributed by atoms with Gasteiger partial charge in [-0.3, -0.25) is 0 Å². The normalized spacial score (nSPS) is 11.5. The van der Waals surface area contributed by atoms with Crippen molar-refractivity contribution in [1.82, 2.24) is 0 Å². The topological polar surface area (TPSA) is 0 Å². The van der Waals surface area contributed by atoms with Crippen LogP contribution in [0.25, 0.3) is 32.3 Å². The Bertz CT molecular complexity index is 959. The van der Waals surface area contributed by atoms with Crippen LogP contribution in [0.4, 0.5) is 0 Å². The molecule has 0 bridgehead atoms. The Morgan fingerprint density at radius 2 is 1.38 bits per heavy atom. The van der Waals surface area contributed by atoms with Crippen LogP contribution < -0.4 is 5.19 Å². The van der Waals surface area contributed by atoms with Crippen molar-refractivity contribution in [2.24, 2.45) is 0 Å². The minimum absolute atomic E-state index is 0.741. The molecule has 4 aromatic carbocycles. The molecule has 0 aliphatic rings. The van der Waals surface area contributed by atoms with Crippen molar-refractivity contribution >= 4 is 47.0 Å². The van der Waals surface area contributed by atoms with E-state index in [4.69, 9.17) is 0 Å². The third-order valence-corrected chi connectivity index (χ3v) is 5.51. The smallest absolute Gasteiger partial charge is 0.0946 e. The summed E-state index contributed by atoms with van der Waals surface area (Å²) in [6.07, 6.45) is 0. The minimum atomic E-state index is 0.741. The molecule has 0 aliphatic carbocycles. The molecule has 0 nitrogen and oxygen atoms in total. The van der Waals surface area contributed by atoms with E-state index in [9.17, 15) is 0 Å². The maximum atomic E-state index is 2.34. The van der Waals surface area contributed by atoms with Gasteiger partial charge >= 0.3 is 0 Å². The highest BCUT2D eigenvalue weighted by molar-refractivity contribution is 6.62. The summed E-state index contributed by atoms with van der Waals surface area (Å²) in [6, 6.07) is 20.2. The van der Waals surface area contributed by atoms with Gasteiger partial charge in [0, 0.05) is 0 Å². The monoisotopic (exact) mass is 284 g/mol. The summed E-state index contributed by atoms with van der Waals surface area (Å²) < 4.78 is 0. The largest absolute Gasteiger partial charge is 0.112 e. The standard InChI is InChI=1S/C20H16Si/c1-13(2)12-21-18-11-9-16-7-6-14-4-3-5-15-8-10-17(18)20(16)19(14)15/h3-12H,1-2H3. The van der Waals surface area contributed by atoms with Crippen LogP contribution in [0.1, 0.15) is 13.8 Å². The number of hydrogen-bond donors (Lipinski definition) is 0. The summed E-state index contributed by atoms with van der Waals surface area (Å²) in [7, 11) is 0.741. The van der Waals surface area contributed by atoms with Crippen LogP contribution in [0.3, 0.4) is 0 Å². The minimum Gasteiger partial charge on any atom is -0.0946 e. The van der Waals surface area contributed by atoms with Crippen LogP contribution in [0.2, 0.25) is 0 Å². The molecule has 1 heteroatoms. The fourth-order valence-corrected chi connectivity index (χ4v) is 4.07. The quantitative estimate of drug-likeness (QED) is 0.365. The molecule has 4 aromatic rings. The molecular weight excluding hydrogens is 268 g/mol. The van der Waals surface area contributed by atoms with E-state index in [1.165, 1.54) is 43.1 Å². The second kappa shape index (κ2) is 4.71. The van der Waals surface area contributed by atoms with Crippen molar-refractivity contribution in [3.63, 3.8) is 0 Å². The number of allylic oxidation sites excluding steroid dienone is 1. The molecule has 4 rings (SSSR count). The summed E-state index contributed by atoms with van der Waals surface area (Å²) >= 11 is 0. The summed E-state index contributed by atoms with van der Waals surface area (Å²) in [5.74, 6) is 0. The third-order valence-electron chi connectivity index (χ3n) is 4.05.